The Morgan fingerprint density at radius 3 is 2.60 bits per heavy atom. The van der Waals surface area contributed by atoms with Crippen LogP contribution in [0.3, 0.4) is 0 Å². The molecule has 1 aromatic carbocycles. The number of hydrogen-bond acceptors (Lipinski definition) is 3. The molecule has 0 spiro atoms. The maximum absolute atomic E-state index is 12.4. The van der Waals surface area contributed by atoms with Gasteiger partial charge in [0, 0.05) is 13.6 Å². The normalized spacial score (nSPS) is 22.6. The maximum Gasteiger partial charge on any atom is 0.227 e. The van der Waals surface area contributed by atoms with Gasteiger partial charge in [0.1, 0.15) is 0 Å². The van der Waals surface area contributed by atoms with Crippen molar-refractivity contribution in [3.63, 3.8) is 0 Å². The monoisotopic (exact) mass is 276 g/mol. The molecule has 2 rings (SSSR count). The molecule has 0 aliphatic heterocycles. The molecule has 0 bridgehead atoms. The third kappa shape index (κ3) is 3.38. The summed E-state index contributed by atoms with van der Waals surface area (Å²) in [7, 11) is 1.80. The number of aliphatic hydroxyl groups is 1. The zero-order valence-corrected chi connectivity index (χ0v) is 12.1. The molecule has 1 aliphatic rings. The predicted molar refractivity (Wildman–Crippen MR) is 79.1 cm³/mol. The smallest absolute Gasteiger partial charge is 0.227 e. The summed E-state index contributed by atoms with van der Waals surface area (Å²) in [4.78, 5) is 14.1. The average Bonchev–Trinajstić information content (AvgIpc) is 2.47. The van der Waals surface area contributed by atoms with Crippen LogP contribution < -0.4 is 5.73 Å². The third-order valence-corrected chi connectivity index (χ3v) is 4.26. The number of carbonyl (C=O) groups excluding carboxylic acids is 1. The Labute approximate surface area is 120 Å². The van der Waals surface area contributed by atoms with Crippen LogP contribution >= 0.6 is 0 Å². The van der Waals surface area contributed by atoms with E-state index in [9.17, 15) is 9.90 Å². The van der Waals surface area contributed by atoms with Gasteiger partial charge < -0.3 is 15.7 Å². The first-order chi connectivity index (χ1) is 9.63. The predicted octanol–water partition coefficient (Wildman–Crippen LogP) is 1.45. The summed E-state index contributed by atoms with van der Waals surface area (Å²) in [5.74, 6) is 0.0526. The van der Waals surface area contributed by atoms with E-state index in [-0.39, 0.29) is 18.1 Å². The van der Waals surface area contributed by atoms with Crippen LogP contribution in [0.25, 0.3) is 0 Å². The lowest BCUT2D eigenvalue weighted by Gasteiger charge is -2.35. The largest absolute Gasteiger partial charge is 0.391 e. The quantitative estimate of drug-likeness (QED) is 0.874. The van der Waals surface area contributed by atoms with Crippen LogP contribution in [-0.4, -0.2) is 35.1 Å². The number of amides is 1. The van der Waals surface area contributed by atoms with Gasteiger partial charge >= 0.3 is 0 Å². The SMILES string of the molecule is CN(C(=O)Cc1ccccc1CN)C1CCCCC1O. The summed E-state index contributed by atoms with van der Waals surface area (Å²) in [6.45, 7) is 0.444. The summed E-state index contributed by atoms with van der Waals surface area (Å²) >= 11 is 0. The second-order valence-corrected chi connectivity index (χ2v) is 5.57. The summed E-state index contributed by atoms with van der Waals surface area (Å²) in [6, 6.07) is 7.73. The molecule has 2 atom stereocenters. The number of benzene rings is 1. The van der Waals surface area contributed by atoms with Gasteiger partial charge in [0.2, 0.25) is 5.91 Å². The van der Waals surface area contributed by atoms with Crippen molar-refractivity contribution in [1.82, 2.24) is 4.90 Å². The molecule has 1 aromatic rings. The van der Waals surface area contributed by atoms with Crippen LogP contribution in [0.15, 0.2) is 24.3 Å². The number of hydrogen-bond donors (Lipinski definition) is 2. The lowest BCUT2D eigenvalue weighted by atomic mass is 9.91. The molecule has 0 radical (unpaired) electrons. The molecular weight excluding hydrogens is 252 g/mol. The Hall–Kier alpha value is -1.39. The molecule has 0 saturated heterocycles. The Morgan fingerprint density at radius 2 is 1.95 bits per heavy atom. The number of aliphatic hydroxyl groups excluding tert-OH is 1. The minimum Gasteiger partial charge on any atom is -0.391 e. The number of nitrogens with two attached hydrogens (primary N) is 1. The van der Waals surface area contributed by atoms with Crippen LogP contribution in [0.4, 0.5) is 0 Å². The molecule has 0 heterocycles. The average molecular weight is 276 g/mol. The van der Waals surface area contributed by atoms with E-state index in [0.717, 1.165) is 36.8 Å². The van der Waals surface area contributed by atoms with Gasteiger partial charge in [-0.25, -0.2) is 0 Å². The molecular formula is C16H24N2O2. The molecule has 110 valence electrons. The van der Waals surface area contributed by atoms with Crippen molar-refractivity contribution in [3.8, 4) is 0 Å². The standard InChI is InChI=1S/C16H24N2O2/c1-18(14-8-4-5-9-15(14)19)16(20)10-12-6-2-3-7-13(12)11-17/h2-3,6-7,14-15,19H,4-5,8-11,17H2,1H3. The Kier molecular flexibility index (Phi) is 5.15. The van der Waals surface area contributed by atoms with Crippen LogP contribution in [0.2, 0.25) is 0 Å². The molecule has 20 heavy (non-hydrogen) atoms. The molecule has 1 fully saturated rings. The van der Waals surface area contributed by atoms with Crippen molar-refractivity contribution in [2.45, 2.75) is 50.8 Å². The fourth-order valence-electron chi connectivity index (χ4n) is 2.95. The third-order valence-electron chi connectivity index (χ3n) is 4.26. The van der Waals surface area contributed by atoms with Crippen molar-refractivity contribution in [3.05, 3.63) is 35.4 Å². The summed E-state index contributed by atoms with van der Waals surface area (Å²) in [5.41, 5.74) is 7.70. The zero-order chi connectivity index (χ0) is 14.5. The maximum atomic E-state index is 12.4. The summed E-state index contributed by atoms with van der Waals surface area (Å²) in [6.07, 6.45) is 3.79. The second kappa shape index (κ2) is 6.86. The van der Waals surface area contributed by atoms with Gasteiger partial charge in [-0.2, -0.15) is 0 Å². The topological polar surface area (TPSA) is 66.6 Å². The molecule has 1 saturated carbocycles. The Bertz CT molecular complexity index is 462. The van der Waals surface area contributed by atoms with Crippen molar-refractivity contribution < 1.29 is 9.90 Å². The Morgan fingerprint density at radius 1 is 1.30 bits per heavy atom. The Balaban J connectivity index is 2.03. The van der Waals surface area contributed by atoms with Gasteiger partial charge in [0.05, 0.1) is 18.6 Å². The van der Waals surface area contributed by atoms with Crippen LogP contribution in [0.1, 0.15) is 36.8 Å². The fourth-order valence-corrected chi connectivity index (χ4v) is 2.95. The summed E-state index contributed by atoms with van der Waals surface area (Å²) < 4.78 is 0. The molecule has 2 unspecified atom stereocenters. The number of carbonyl (C=O) groups is 1. The van der Waals surface area contributed by atoms with Gasteiger partial charge in [0.15, 0.2) is 0 Å². The van der Waals surface area contributed by atoms with E-state index < -0.39 is 0 Å². The fraction of sp³-hybridized carbons (Fsp3) is 0.562. The second-order valence-electron chi connectivity index (χ2n) is 5.57. The van der Waals surface area contributed by atoms with Crippen molar-refractivity contribution in [2.24, 2.45) is 5.73 Å². The highest BCUT2D eigenvalue weighted by Crippen LogP contribution is 2.23. The lowest BCUT2D eigenvalue weighted by molar-refractivity contribution is -0.134. The molecule has 3 N–H and O–H groups in total. The molecule has 1 amide bonds. The van der Waals surface area contributed by atoms with Crippen LogP contribution in [0, 0.1) is 0 Å². The first-order valence-corrected chi connectivity index (χ1v) is 7.34. The van der Waals surface area contributed by atoms with Gasteiger partial charge in [0.25, 0.3) is 0 Å². The van der Waals surface area contributed by atoms with Crippen molar-refractivity contribution in [2.75, 3.05) is 7.05 Å². The van der Waals surface area contributed by atoms with Crippen LogP contribution in [0.5, 0.6) is 0 Å². The number of likely N-dealkylation sites (N-methyl/N-ethyl adjacent to an activating group) is 1. The lowest BCUT2D eigenvalue weighted by Crippen LogP contribution is -2.46. The van der Waals surface area contributed by atoms with E-state index in [4.69, 9.17) is 5.73 Å². The highest BCUT2D eigenvalue weighted by atomic mass is 16.3. The highest BCUT2D eigenvalue weighted by Gasteiger charge is 2.29. The first-order valence-electron chi connectivity index (χ1n) is 7.34. The molecule has 1 aliphatic carbocycles. The van der Waals surface area contributed by atoms with Gasteiger partial charge in [-0.3, -0.25) is 4.79 Å². The number of nitrogens with zero attached hydrogens (tertiary/aromatic N) is 1. The minimum atomic E-state index is -0.387. The van der Waals surface area contributed by atoms with E-state index in [1.54, 1.807) is 11.9 Å². The van der Waals surface area contributed by atoms with Crippen LogP contribution in [-0.2, 0) is 17.8 Å². The van der Waals surface area contributed by atoms with E-state index in [2.05, 4.69) is 0 Å². The summed E-state index contributed by atoms with van der Waals surface area (Å²) in [5, 5.41) is 10.0. The highest BCUT2D eigenvalue weighted by molar-refractivity contribution is 5.79. The number of rotatable bonds is 4. The van der Waals surface area contributed by atoms with E-state index in [1.807, 2.05) is 24.3 Å². The van der Waals surface area contributed by atoms with E-state index in [1.165, 1.54) is 0 Å². The first kappa shape index (κ1) is 15.0. The molecule has 4 nitrogen and oxygen atoms in total. The van der Waals surface area contributed by atoms with Gasteiger partial charge in [-0.1, -0.05) is 37.1 Å². The van der Waals surface area contributed by atoms with E-state index >= 15 is 0 Å². The zero-order valence-electron chi connectivity index (χ0n) is 12.1. The minimum absolute atomic E-state index is 0.0405. The van der Waals surface area contributed by atoms with E-state index in [0.29, 0.717) is 13.0 Å². The molecule has 0 aromatic heterocycles. The van der Waals surface area contributed by atoms with Gasteiger partial charge in [-0.05, 0) is 24.0 Å². The molecule has 4 heteroatoms. The van der Waals surface area contributed by atoms with Crippen molar-refractivity contribution in [1.29, 1.82) is 0 Å². The van der Waals surface area contributed by atoms with Crippen molar-refractivity contribution >= 4 is 5.91 Å². The van der Waals surface area contributed by atoms with Gasteiger partial charge in [-0.15, -0.1) is 0 Å².